The van der Waals surface area contributed by atoms with Gasteiger partial charge in [0.25, 0.3) is 0 Å². The molecule has 0 unspecified atom stereocenters. The lowest BCUT2D eigenvalue weighted by atomic mass is 10.1. The molecule has 0 atom stereocenters. The molecule has 0 fully saturated rings. The van der Waals surface area contributed by atoms with Crippen molar-refractivity contribution in [1.29, 1.82) is 0 Å². The molecular formula is C20H32O3. The Hall–Kier alpha value is -1.90. The van der Waals surface area contributed by atoms with E-state index in [-0.39, 0.29) is 0 Å². The van der Waals surface area contributed by atoms with Gasteiger partial charge >= 0.3 is 5.97 Å². The molecule has 3 nitrogen and oxygen atoms in total. The van der Waals surface area contributed by atoms with Crippen molar-refractivity contribution >= 4 is 12.3 Å². The van der Waals surface area contributed by atoms with Crippen LogP contribution in [0.25, 0.3) is 0 Å². The van der Waals surface area contributed by atoms with E-state index in [9.17, 15) is 9.59 Å². The van der Waals surface area contributed by atoms with Gasteiger partial charge in [0.1, 0.15) is 6.29 Å². The smallest absolute Gasteiger partial charge is 0.328 e. The summed E-state index contributed by atoms with van der Waals surface area (Å²) in [6, 6.07) is 0. The van der Waals surface area contributed by atoms with E-state index < -0.39 is 5.97 Å². The van der Waals surface area contributed by atoms with E-state index in [2.05, 4.69) is 26.0 Å². The molecule has 0 aliphatic heterocycles. The monoisotopic (exact) mass is 320 g/mol. The molecular weight excluding hydrogens is 288 g/mol. The van der Waals surface area contributed by atoms with E-state index in [0.717, 1.165) is 43.1 Å². The summed E-state index contributed by atoms with van der Waals surface area (Å²) in [6.07, 6.45) is 11.8. The summed E-state index contributed by atoms with van der Waals surface area (Å²) in [5, 5.41) is 8.40. The quantitative estimate of drug-likeness (QED) is 0.357. The first-order valence-electron chi connectivity index (χ1n) is 7.96. The number of aliphatic carboxylic acids is 1. The highest BCUT2D eigenvalue weighted by Crippen LogP contribution is 2.06. The lowest BCUT2D eigenvalue weighted by Gasteiger charge is -1.95. The number of carbonyl (C=O) groups is 2. The molecule has 0 aliphatic carbocycles. The van der Waals surface area contributed by atoms with Crippen molar-refractivity contribution in [2.45, 2.75) is 67.2 Å². The fourth-order valence-electron chi connectivity index (χ4n) is 1.66. The number of allylic oxidation sites excluding steroid dienone is 7. The minimum absolute atomic E-state index is 0.831. The maximum atomic E-state index is 10.2. The van der Waals surface area contributed by atoms with Gasteiger partial charge in [0.05, 0.1) is 0 Å². The van der Waals surface area contributed by atoms with Crippen LogP contribution in [-0.2, 0) is 9.59 Å². The van der Waals surface area contributed by atoms with Crippen LogP contribution in [0.15, 0.2) is 46.6 Å². The number of hydrogen-bond donors (Lipinski definition) is 1. The molecule has 23 heavy (non-hydrogen) atoms. The summed E-state index contributed by atoms with van der Waals surface area (Å²) in [5.41, 5.74) is 4.68. The number of aldehydes is 1. The minimum atomic E-state index is -0.857. The van der Waals surface area contributed by atoms with Crippen molar-refractivity contribution < 1.29 is 14.7 Å². The van der Waals surface area contributed by atoms with Crippen molar-refractivity contribution in [3.63, 3.8) is 0 Å². The van der Waals surface area contributed by atoms with Gasteiger partial charge in [0.2, 0.25) is 0 Å². The number of carboxylic acids is 1. The molecule has 0 amide bonds. The van der Waals surface area contributed by atoms with Crippen molar-refractivity contribution in [3.05, 3.63) is 46.6 Å². The van der Waals surface area contributed by atoms with Gasteiger partial charge in [0, 0.05) is 6.08 Å². The average molecular weight is 320 g/mol. The lowest BCUT2D eigenvalue weighted by molar-refractivity contribution is -0.131. The van der Waals surface area contributed by atoms with Crippen LogP contribution in [0.5, 0.6) is 0 Å². The van der Waals surface area contributed by atoms with Gasteiger partial charge in [0.15, 0.2) is 0 Å². The third-order valence-electron chi connectivity index (χ3n) is 2.90. The first-order valence-corrected chi connectivity index (χ1v) is 7.96. The van der Waals surface area contributed by atoms with E-state index in [0.29, 0.717) is 0 Å². The van der Waals surface area contributed by atoms with Gasteiger partial charge in [-0.1, -0.05) is 34.4 Å². The molecule has 0 heterocycles. The standard InChI is InChI=1S/C10H16O2.C10H16O/c1-8(2)5-4-6-9(3)7-10(11)12;1-9(2)5-4-6-10(3)7-8-11/h5,7H,4,6H2,1-3H3,(H,11,12);5,7-8H,4,6H2,1-3H3. The molecule has 0 saturated carbocycles. The van der Waals surface area contributed by atoms with E-state index in [1.54, 1.807) is 6.08 Å². The molecule has 130 valence electrons. The summed E-state index contributed by atoms with van der Waals surface area (Å²) in [5.74, 6) is -0.857. The lowest BCUT2D eigenvalue weighted by Crippen LogP contribution is -1.89. The Morgan fingerprint density at radius 1 is 0.826 bits per heavy atom. The van der Waals surface area contributed by atoms with Gasteiger partial charge in [-0.15, -0.1) is 0 Å². The summed E-state index contributed by atoms with van der Waals surface area (Å²) in [7, 11) is 0. The third-order valence-corrected chi connectivity index (χ3v) is 2.90. The molecule has 3 heteroatoms. The Kier molecular flexibility index (Phi) is 15.3. The number of rotatable bonds is 8. The first kappa shape index (κ1) is 23.4. The summed E-state index contributed by atoms with van der Waals surface area (Å²) >= 11 is 0. The summed E-state index contributed by atoms with van der Waals surface area (Å²) in [4.78, 5) is 20.2. The normalized spacial score (nSPS) is 11.0. The van der Waals surface area contributed by atoms with Crippen LogP contribution in [0.3, 0.4) is 0 Å². The van der Waals surface area contributed by atoms with Crippen molar-refractivity contribution in [1.82, 2.24) is 0 Å². The predicted molar refractivity (Wildman–Crippen MR) is 98.5 cm³/mol. The van der Waals surface area contributed by atoms with Gasteiger partial charge in [-0.25, -0.2) is 4.79 Å². The SMILES string of the molecule is CC(C)=CCCC(C)=CC(=O)O.CC(C)=CCCC(C)=CC=O. The highest BCUT2D eigenvalue weighted by molar-refractivity contribution is 5.80. The van der Waals surface area contributed by atoms with Gasteiger partial charge < -0.3 is 5.11 Å². The third kappa shape index (κ3) is 22.5. The predicted octanol–water partition coefficient (Wildman–Crippen LogP) is 5.64. The molecule has 0 rings (SSSR count). The molecule has 1 N–H and O–H groups in total. The highest BCUT2D eigenvalue weighted by atomic mass is 16.4. The molecule has 0 aromatic rings. The zero-order valence-corrected chi connectivity index (χ0v) is 15.5. The maximum Gasteiger partial charge on any atom is 0.328 e. The Labute approximate surface area is 141 Å². The second kappa shape index (κ2) is 15.0. The zero-order valence-electron chi connectivity index (χ0n) is 15.5. The van der Waals surface area contributed by atoms with Crippen LogP contribution in [0, 0.1) is 0 Å². The number of hydrogen-bond acceptors (Lipinski definition) is 2. The molecule has 0 spiro atoms. The van der Waals surface area contributed by atoms with E-state index in [1.165, 1.54) is 17.2 Å². The average Bonchev–Trinajstić information content (AvgIpc) is 2.37. The largest absolute Gasteiger partial charge is 0.478 e. The van der Waals surface area contributed by atoms with Crippen molar-refractivity contribution in [3.8, 4) is 0 Å². The topological polar surface area (TPSA) is 54.4 Å². The molecule has 0 radical (unpaired) electrons. The van der Waals surface area contributed by atoms with Gasteiger partial charge in [-0.05, 0) is 73.3 Å². The first-order chi connectivity index (χ1) is 10.7. The summed E-state index contributed by atoms with van der Waals surface area (Å²) in [6.45, 7) is 12.1. The van der Waals surface area contributed by atoms with Crippen LogP contribution < -0.4 is 0 Å². The van der Waals surface area contributed by atoms with Crippen molar-refractivity contribution in [2.24, 2.45) is 0 Å². The van der Waals surface area contributed by atoms with E-state index in [4.69, 9.17) is 5.11 Å². The highest BCUT2D eigenvalue weighted by Gasteiger charge is 1.92. The Bertz CT molecular complexity index is 469. The Balaban J connectivity index is 0. The van der Waals surface area contributed by atoms with Crippen LogP contribution >= 0.6 is 0 Å². The van der Waals surface area contributed by atoms with Crippen LogP contribution in [-0.4, -0.2) is 17.4 Å². The number of carbonyl (C=O) groups excluding carboxylic acids is 1. The van der Waals surface area contributed by atoms with Crippen LogP contribution in [0.1, 0.15) is 67.2 Å². The molecule has 0 aromatic heterocycles. The van der Waals surface area contributed by atoms with Crippen LogP contribution in [0.4, 0.5) is 0 Å². The maximum absolute atomic E-state index is 10.2. The summed E-state index contributed by atoms with van der Waals surface area (Å²) < 4.78 is 0. The van der Waals surface area contributed by atoms with Gasteiger partial charge in [-0.3, -0.25) is 4.79 Å². The molecule has 0 aromatic carbocycles. The fourth-order valence-corrected chi connectivity index (χ4v) is 1.66. The number of carboxylic acid groups (broad SMARTS) is 1. The van der Waals surface area contributed by atoms with Crippen molar-refractivity contribution in [2.75, 3.05) is 0 Å². The minimum Gasteiger partial charge on any atom is -0.478 e. The van der Waals surface area contributed by atoms with E-state index >= 15 is 0 Å². The van der Waals surface area contributed by atoms with E-state index in [1.807, 2.05) is 27.7 Å². The van der Waals surface area contributed by atoms with Crippen LogP contribution in [0.2, 0.25) is 0 Å². The second-order valence-corrected chi connectivity index (χ2v) is 6.12. The molecule has 0 saturated heterocycles. The molecule has 0 bridgehead atoms. The Morgan fingerprint density at radius 2 is 1.26 bits per heavy atom. The second-order valence-electron chi connectivity index (χ2n) is 6.12. The zero-order chi connectivity index (χ0) is 18.3. The Morgan fingerprint density at radius 3 is 1.61 bits per heavy atom. The molecule has 0 aliphatic rings. The van der Waals surface area contributed by atoms with Gasteiger partial charge in [-0.2, -0.15) is 0 Å². The fraction of sp³-hybridized carbons (Fsp3) is 0.500.